The van der Waals surface area contributed by atoms with E-state index in [-0.39, 0.29) is 5.91 Å². The van der Waals surface area contributed by atoms with Gasteiger partial charge >= 0.3 is 0 Å². The molecule has 0 heterocycles. The van der Waals surface area contributed by atoms with Crippen LogP contribution in [0, 0.1) is 5.41 Å². The lowest BCUT2D eigenvalue weighted by Crippen LogP contribution is -2.39. The topological polar surface area (TPSA) is 32.3 Å². The van der Waals surface area contributed by atoms with Gasteiger partial charge < -0.3 is 10.2 Å². The van der Waals surface area contributed by atoms with E-state index in [1.54, 1.807) is 0 Å². The molecule has 0 spiro atoms. The maximum atomic E-state index is 11.7. The van der Waals surface area contributed by atoms with E-state index >= 15 is 0 Å². The van der Waals surface area contributed by atoms with Gasteiger partial charge in [0.15, 0.2) is 0 Å². The highest BCUT2D eigenvalue weighted by Crippen LogP contribution is 2.16. The maximum Gasteiger partial charge on any atom is 0.226 e. The van der Waals surface area contributed by atoms with Crippen molar-refractivity contribution in [2.45, 2.75) is 34.1 Å². The van der Waals surface area contributed by atoms with Gasteiger partial charge in [0.2, 0.25) is 5.91 Å². The minimum Gasteiger partial charge on any atom is -0.356 e. The molecule has 0 bridgehead atoms. The van der Waals surface area contributed by atoms with E-state index in [1.165, 1.54) is 0 Å². The molecule has 96 valence electrons. The van der Waals surface area contributed by atoms with E-state index < -0.39 is 5.41 Å². The Morgan fingerprint density at radius 1 is 1.31 bits per heavy atom. The van der Waals surface area contributed by atoms with Crippen molar-refractivity contribution in [3.63, 3.8) is 0 Å². The Hall–Kier alpha value is -0.280. The van der Waals surface area contributed by atoms with Gasteiger partial charge in [0.05, 0.1) is 5.41 Å². The molecule has 0 aromatic carbocycles. The molecular weight excluding hydrogens is 224 g/mol. The average molecular weight is 249 g/mol. The Morgan fingerprint density at radius 3 is 2.31 bits per heavy atom. The number of nitrogens with one attached hydrogen (secondary N) is 1. The number of rotatable bonds is 8. The minimum atomic E-state index is -0.462. The largest absolute Gasteiger partial charge is 0.356 e. The van der Waals surface area contributed by atoms with Crippen LogP contribution in [0.2, 0.25) is 0 Å². The van der Waals surface area contributed by atoms with Gasteiger partial charge in [-0.05, 0) is 39.9 Å². The molecule has 0 aliphatic rings. The summed E-state index contributed by atoms with van der Waals surface area (Å²) in [6.45, 7) is 11.9. The molecule has 0 atom stereocenters. The van der Waals surface area contributed by atoms with E-state index in [1.807, 2.05) is 13.8 Å². The summed E-state index contributed by atoms with van der Waals surface area (Å²) < 4.78 is 0. The summed E-state index contributed by atoms with van der Waals surface area (Å²) in [5.74, 6) is 0.400. The van der Waals surface area contributed by atoms with E-state index in [0.717, 1.165) is 32.6 Å². The summed E-state index contributed by atoms with van der Waals surface area (Å²) in [7, 11) is 0. The number of amides is 1. The molecule has 0 radical (unpaired) electrons. The van der Waals surface area contributed by atoms with E-state index in [0.29, 0.717) is 5.88 Å². The van der Waals surface area contributed by atoms with Crippen LogP contribution in [0.3, 0.4) is 0 Å². The number of hydrogen-bond donors (Lipinski definition) is 1. The van der Waals surface area contributed by atoms with E-state index in [2.05, 4.69) is 24.1 Å². The molecule has 0 aromatic heterocycles. The van der Waals surface area contributed by atoms with Crippen molar-refractivity contribution in [3.05, 3.63) is 0 Å². The molecule has 0 aliphatic heterocycles. The number of nitrogens with zero attached hydrogens (tertiary/aromatic N) is 1. The lowest BCUT2D eigenvalue weighted by molar-refractivity contribution is -0.128. The number of halogens is 1. The predicted molar refractivity (Wildman–Crippen MR) is 69.9 cm³/mol. The standard InChI is InChI=1S/C12H25ClN2O/c1-5-15(6-2)9-7-8-14-11(16)12(3,4)10-13/h5-10H2,1-4H3,(H,14,16). The maximum absolute atomic E-state index is 11.7. The van der Waals surface area contributed by atoms with Crippen LogP contribution in [0.25, 0.3) is 0 Å². The van der Waals surface area contributed by atoms with Crippen LogP contribution in [0.4, 0.5) is 0 Å². The first kappa shape index (κ1) is 15.7. The fourth-order valence-electron chi connectivity index (χ4n) is 1.34. The van der Waals surface area contributed by atoms with Crippen molar-refractivity contribution < 1.29 is 4.79 Å². The van der Waals surface area contributed by atoms with E-state index in [4.69, 9.17) is 11.6 Å². The van der Waals surface area contributed by atoms with Gasteiger partial charge in [-0.15, -0.1) is 11.6 Å². The Labute approximate surface area is 105 Å². The van der Waals surface area contributed by atoms with Crippen molar-refractivity contribution in [2.75, 3.05) is 32.1 Å². The zero-order chi connectivity index (χ0) is 12.6. The van der Waals surface area contributed by atoms with Gasteiger partial charge in [-0.3, -0.25) is 4.79 Å². The average Bonchev–Trinajstić information content (AvgIpc) is 2.29. The number of carbonyl (C=O) groups is 1. The van der Waals surface area contributed by atoms with Gasteiger partial charge in [0.1, 0.15) is 0 Å². The highest BCUT2D eigenvalue weighted by atomic mass is 35.5. The zero-order valence-electron chi connectivity index (χ0n) is 11.0. The summed E-state index contributed by atoms with van der Waals surface area (Å²) in [6.07, 6.45) is 0.992. The summed E-state index contributed by atoms with van der Waals surface area (Å²) in [6, 6.07) is 0. The SMILES string of the molecule is CCN(CC)CCCNC(=O)C(C)(C)CCl. The van der Waals surface area contributed by atoms with Crippen molar-refractivity contribution in [3.8, 4) is 0 Å². The molecule has 0 saturated carbocycles. The van der Waals surface area contributed by atoms with Gasteiger partial charge in [-0.1, -0.05) is 13.8 Å². The smallest absolute Gasteiger partial charge is 0.226 e. The third-order valence-electron chi connectivity index (χ3n) is 2.78. The highest BCUT2D eigenvalue weighted by molar-refractivity contribution is 6.19. The number of carbonyl (C=O) groups excluding carboxylic acids is 1. The monoisotopic (exact) mass is 248 g/mol. The molecule has 0 fully saturated rings. The van der Waals surface area contributed by atoms with Gasteiger partial charge in [-0.2, -0.15) is 0 Å². The number of alkyl halides is 1. The molecule has 1 N–H and O–H groups in total. The first-order valence-corrected chi connectivity index (χ1v) is 6.58. The summed E-state index contributed by atoms with van der Waals surface area (Å²) in [4.78, 5) is 14.0. The molecule has 0 aliphatic carbocycles. The first-order chi connectivity index (χ1) is 7.47. The third kappa shape index (κ3) is 5.71. The van der Waals surface area contributed by atoms with Crippen LogP contribution < -0.4 is 5.32 Å². The molecule has 3 nitrogen and oxygen atoms in total. The summed E-state index contributed by atoms with van der Waals surface area (Å²) in [5, 5.41) is 2.93. The Kier molecular flexibility index (Phi) is 7.77. The van der Waals surface area contributed by atoms with Crippen molar-refractivity contribution in [2.24, 2.45) is 5.41 Å². The highest BCUT2D eigenvalue weighted by Gasteiger charge is 2.25. The molecule has 0 saturated heterocycles. The Morgan fingerprint density at radius 2 is 1.88 bits per heavy atom. The Bertz CT molecular complexity index is 203. The molecule has 1 amide bonds. The van der Waals surface area contributed by atoms with Crippen LogP contribution in [0.15, 0.2) is 0 Å². The van der Waals surface area contributed by atoms with Gasteiger partial charge in [0, 0.05) is 12.4 Å². The van der Waals surface area contributed by atoms with Gasteiger partial charge in [-0.25, -0.2) is 0 Å². The van der Waals surface area contributed by atoms with Crippen LogP contribution in [0.5, 0.6) is 0 Å². The van der Waals surface area contributed by atoms with Crippen LogP contribution in [0.1, 0.15) is 34.1 Å². The second kappa shape index (κ2) is 7.91. The molecule has 16 heavy (non-hydrogen) atoms. The lowest BCUT2D eigenvalue weighted by atomic mass is 9.95. The lowest BCUT2D eigenvalue weighted by Gasteiger charge is -2.21. The van der Waals surface area contributed by atoms with Crippen LogP contribution in [-0.2, 0) is 4.79 Å². The second-order valence-electron chi connectivity index (χ2n) is 4.65. The molecule has 0 unspecified atom stereocenters. The van der Waals surface area contributed by atoms with Gasteiger partial charge in [0.25, 0.3) is 0 Å². The van der Waals surface area contributed by atoms with Crippen LogP contribution in [-0.4, -0.2) is 42.9 Å². The van der Waals surface area contributed by atoms with Crippen molar-refractivity contribution in [1.29, 1.82) is 0 Å². The second-order valence-corrected chi connectivity index (χ2v) is 4.92. The third-order valence-corrected chi connectivity index (χ3v) is 3.45. The molecular formula is C12H25ClN2O. The quantitative estimate of drug-likeness (QED) is 0.527. The molecule has 0 aromatic rings. The first-order valence-electron chi connectivity index (χ1n) is 6.04. The zero-order valence-corrected chi connectivity index (χ0v) is 11.7. The fraction of sp³-hybridized carbons (Fsp3) is 0.917. The summed E-state index contributed by atoms with van der Waals surface area (Å²) >= 11 is 5.73. The minimum absolute atomic E-state index is 0.0436. The fourth-order valence-corrected chi connectivity index (χ4v) is 1.47. The summed E-state index contributed by atoms with van der Waals surface area (Å²) in [5.41, 5.74) is -0.462. The van der Waals surface area contributed by atoms with Crippen molar-refractivity contribution >= 4 is 17.5 Å². The predicted octanol–water partition coefficient (Wildman–Crippen LogP) is 2.10. The number of hydrogen-bond acceptors (Lipinski definition) is 2. The van der Waals surface area contributed by atoms with Crippen molar-refractivity contribution in [1.82, 2.24) is 10.2 Å². The molecule has 0 rings (SSSR count). The van der Waals surface area contributed by atoms with Crippen LogP contribution >= 0.6 is 11.6 Å². The van der Waals surface area contributed by atoms with E-state index in [9.17, 15) is 4.79 Å². The normalized spacial score (nSPS) is 11.9. The Balaban J connectivity index is 3.71. The molecule has 4 heteroatoms.